The number of hydrogen-bond donors (Lipinski definition) is 2. The molecule has 0 spiro atoms. The maximum Gasteiger partial charge on any atom is 0.306 e. The number of esters is 1. The van der Waals surface area contributed by atoms with Gasteiger partial charge in [0, 0.05) is 12.6 Å². The molecule has 16 heavy (non-hydrogen) atoms. The monoisotopic (exact) mass is 250 g/mol. The number of rotatable bonds is 7. The first-order valence-electron chi connectivity index (χ1n) is 5.24. The molecule has 6 nitrogen and oxygen atoms in total. The van der Waals surface area contributed by atoms with Crippen molar-refractivity contribution in [3.63, 3.8) is 0 Å². The van der Waals surface area contributed by atoms with Crippen molar-refractivity contribution in [3.05, 3.63) is 0 Å². The Morgan fingerprint density at radius 3 is 2.69 bits per heavy atom. The average Bonchev–Trinajstić information content (AvgIpc) is 3.06. The average molecular weight is 250 g/mol. The molecule has 1 atom stereocenters. The lowest BCUT2D eigenvalue weighted by Gasteiger charge is -2.11. The fourth-order valence-electron chi connectivity index (χ4n) is 1.31. The highest BCUT2D eigenvalue weighted by Crippen LogP contribution is 2.31. The third-order valence-corrected chi connectivity index (χ3v) is 3.92. The van der Waals surface area contributed by atoms with Crippen LogP contribution in [0.25, 0.3) is 0 Å². The number of hydrogen-bond acceptors (Lipinski definition) is 5. The zero-order valence-corrected chi connectivity index (χ0v) is 10.1. The molecule has 1 aliphatic rings. The second kappa shape index (κ2) is 5.60. The van der Waals surface area contributed by atoms with E-state index in [1.165, 1.54) is 7.11 Å². The number of sulfonamides is 1. The van der Waals surface area contributed by atoms with Gasteiger partial charge in [-0.1, -0.05) is 0 Å². The van der Waals surface area contributed by atoms with E-state index < -0.39 is 16.0 Å². The van der Waals surface area contributed by atoms with E-state index in [1.54, 1.807) is 0 Å². The number of carbonyl (C=O) groups is 1. The van der Waals surface area contributed by atoms with Crippen molar-refractivity contribution in [3.8, 4) is 0 Å². The van der Waals surface area contributed by atoms with E-state index in [4.69, 9.17) is 5.73 Å². The number of nitrogens with one attached hydrogen (secondary N) is 1. The lowest BCUT2D eigenvalue weighted by molar-refractivity contribution is -0.140. The molecule has 0 bridgehead atoms. The Morgan fingerprint density at radius 2 is 2.19 bits per heavy atom. The normalized spacial score (nSPS) is 18.1. The Bertz CT molecular complexity index is 337. The Labute approximate surface area is 95.6 Å². The van der Waals surface area contributed by atoms with Crippen LogP contribution < -0.4 is 10.5 Å². The van der Waals surface area contributed by atoms with Gasteiger partial charge in [-0.3, -0.25) is 4.79 Å². The summed E-state index contributed by atoms with van der Waals surface area (Å²) in [7, 11) is -2.19. The number of carbonyl (C=O) groups excluding carboxylic acids is 1. The number of methoxy groups -OCH3 is 1. The van der Waals surface area contributed by atoms with Crippen molar-refractivity contribution in [1.29, 1.82) is 0 Å². The van der Waals surface area contributed by atoms with Crippen LogP contribution in [-0.4, -0.2) is 39.8 Å². The van der Waals surface area contributed by atoms with Crippen molar-refractivity contribution >= 4 is 16.0 Å². The molecule has 0 aliphatic heterocycles. The lowest BCUT2D eigenvalue weighted by Crippen LogP contribution is -2.39. The maximum absolute atomic E-state index is 11.4. The molecule has 0 saturated heterocycles. The van der Waals surface area contributed by atoms with Crippen LogP contribution in [0.1, 0.15) is 19.3 Å². The molecule has 3 N–H and O–H groups in total. The van der Waals surface area contributed by atoms with Crippen molar-refractivity contribution < 1.29 is 17.9 Å². The van der Waals surface area contributed by atoms with E-state index in [0.29, 0.717) is 5.92 Å². The van der Waals surface area contributed by atoms with Gasteiger partial charge >= 0.3 is 5.97 Å². The topological polar surface area (TPSA) is 98.5 Å². The van der Waals surface area contributed by atoms with Crippen LogP contribution in [-0.2, 0) is 19.6 Å². The maximum atomic E-state index is 11.4. The van der Waals surface area contributed by atoms with Gasteiger partial charge in [0.2, 0.25) is 10.0 Å². The molecule has 7 heteroatoms. The van der Waals surface area contributed by atoms with Gasteiger partial charge in [0.25, 0.3) is 0 Å². The van der Waals surface area contributed by atoms with Gasteiger partial charge in [-0.05, 0) is 18.8 Å². The van der Waals surface area contributed by atoms with Gasteiger partial charge in [0.15, 0.2) is 0 Å². The Hall–Kier alpha value is -0.660. The third-order valence-electron chi connectivity index (χ3n) is 2.57. The Kier molecular flexibility index (Phi) is 4.69. The van der Waals surface area contributed by atoms with E-state index in [9.17, 15) is 13.2 Å². The minimum Gasteiger partial charge on any atom is -0.469 e. The molecule has 1 fully saturated rings. The quantitative estimate of drug-likeness (QED) is 0.577. The van der Waals surface area contributed by atoms with Crippen LogP contribution in [0.3, 0.4) is 0 Å². The van der Waals surface area contributed by atoms with Crippen molar-refractivity contribution in [1.82, 2.24) is 4.72 Å². The van der Waals surface area contributed by atoms with Crippen LogP contribution in [0, 0.1) is 5.92 Å². The lowest BCUT2D eigenvalue weighted by atomic mass is 10.2. The summed E-state index contributed by atoms with van der Waals surface area (Å²) in [5, 5.41) is 0. The molecule has 1 rings (SSSR count). The molecule has 0 aromatic rings. The second-order valence-electron chi connectivity index (χ2n) is 3.99. The van der Waals surface area contributed by atoms with Gasteiger partial charge in [-0.15, -0.1) is 0 Å². The molecule has 1 saturated carbocycles. The van der Waals surface area contributed by atoms with Gasteiger partial charge in [-0.2, -0.15) is 0 Å². The number of ether oxygens (including phenoxy) is 1. The molecule has 94 valence electrons. The summed E-state index contributed by atoms with van der Waals surface area (Å²) >= 11 is 0. The fourth-order valence-corrected chi connectivity index (χ4v) is 2.33. The fraction of sp³-hybridized carbons (Fsp3) is 0.889. The zero-order chi connectivity index (χ0) is 12.2. The molecular formula is C9H18N2O4S. The SMILES string of the molecule is COC(=O)CCS(=O)(=O)NCC(N)C1CC1. The summed E-state index contributed by atoms with van der Waals surface area (Å²) < 4.78 is 29.6. The van der Waals surface area contributed by atoms with Crippen molar-refractivity contribution in [2.75, 3.05) is 19.4 Å². The largest absolute Gasteiger partial charge is 0.469 e. The Balaban J connectivity index is 2.25. The first-order valence-corrected chi connectivity index (χ1v) is 6.89. The predicted molar refractivity (Wildman–Crippen MR) is 59.1 cm³/mol. The summed E-state index contributed by atoms with van der Waals surface area (Å²) in [6, 6.07) is -0.118. The third kappa shape index (κ3) is 4.91. The zero-order valence-electron chi connectivity index (χ0n) is 9.31. The van der Waals surface area contributed by atoms with Crippen LogP contribution >= 0.6 is 0 Å². The predicted octanol–water partition coefficient (Wildman–Crippen LogP) is -0.794. The van der Waals surface area contributed by atoms with Crippen LogP contribution in [0.2, 0.25) is 0 Å². The summed E-state index contributed by atoms with van der Waals surface area (Å²) in [5.74, 6) is -0.336. The molecule has 0 aromatic carbocycles. The van der Waals surface area contributed by atoms with Gasteiger partial charge in [0.05, 0.1) is 19.3 Å². The standard InChI is InChI=1S/C9H18N2O4S/c1-15-9(12)4-5-16(13,14)11-6-8(10)7-2-3-7/h7-8,11H,2-6,10H2,1H3. The molecule has 1 unspecified atom stereocenters. The smallest absolute Gasteiger partial charge is 0.306 e. The highest BCUT2D eigenvalue weighted by atomic mass is 32.2. The molecule has 0 amide bonds. The summed E-state index contributed by atoms with van der Waals surface area (Å²) in [6.45, 7) is 0.244. The highest BCUT2D eigenvalue weighted by Gasteiger charge is 2.29. The van der Waals surface area contributed by atoms with Gasteiger partial charge in [0.1, 0.15) is 0 Å². The molecular weight excluding hydrogens is 232 g/mol. The Morgan fingerprint density at radius 1 is 1.56 bits per heavy atom. The van der Waals surface area contributed by atoms with Crippen LogP contribution in [0.15, 0.2) is 0 Å². The summed E-state index contributed by atoms with van der Waals surface area (Å²) in [4.78, 5) is 10.8. The minimum absolute atomic E-state index is 0.118. The first kappa shape index (κ1) is 13.4. The van der Waals surface area contributed by atoms with Crippen molar-refractivity contribution in [2.45, 2.75) is 25.3 Å². The molecule has 0 aromatic heterocycles. The molecule has 0 heterocycles. The van der Waals surface area contributed by atoms with Gasteiger partial charge in [-0.25, -0.2) is 13.1 Å². The van der Waals surface area contributed by atoms with E-state index in [1.807, 2.05) is 0 Å². The second-order valence-corrected chi connectivity index (χ2v) is 5.92. The molecule has 0 radical (unpaired) electrons. The van der Waals surface area contributed by atoms with E-state index in [-0.39, 0.29) is 24.8 Å². The highest BCUT2D eigenvalue weighted by molar-refractivity contribution is 7.89. The van der Waals surface area contributed by atoms with E-state index in [0.717, 1.165) is 12.8 Å². The molecule has 1 aliphatic carbocycles. The number of nitrogens with two attached hydrogens (primary N) is 1. The van der Waals surface area contributed by atoms with Crippen LogP contribution in [0.5, 0.6) is 0 Å². The first-order chi connectivity index (χ1) is 7.44. The summed E-state index contributed by atoms with van der Waals surface area (Å²) in [5.41, 5.74) is 5.75. The van der Waals surface area contributed by atoms with Crippen molar-refractivity contribution in [2.24, 2.45) is 11.7 Å². The van der Waals surface area contributed by atoms with E-state index >= 15 is 0 Å². The summed E-state index contributed by atoms with van der Waals surface area (Å²) in [6.07, 6.45) is 2.01. The minimum atomic E-state index is -3.42. The van der Waals surface area contributed by atoms with E-state index in [2.05, 4.69) is 9.46 Å². The van der Waals surface area contributed by atoms with Gasteiger partial charge < -0.3 is 10.5 Å². The van der Waals surface area contributed by atoms with Crippen LogP contribution in [0.4, 0.5) is 0 Å².